The number of carbonyl (C=O) groups is 1. The van der Waals surface area contributed by atoms with Crippen molar-refractivity contribution in [3.63, 3.8) is 0 Å². The van der Waals surface area contributed by atoms with Crippen molar-refractivity contribution in [1.29, 1.82) is 0 Å². The van der Waals surface area contributed by atoms with Gasteiger partial charge in [-0.05, 0) is 12.3 Å². The highest BCUT2D eigenvalue weighted by molar-refractivity contribution is 7.98. The monoisotopic (exact) mass is 361 g/mol. The second kappa shape index (κ2) is 7.49. The number of rotatable bonds is 6. The van der Waals surface area contributed by atoms with Crippen LogP contribution in [0.25, 0.3) is 0 Å². The van der Waals surface area contributed by atoms with Gasteiger partial charge in [-0.15, -0.1) is 0 Å². The molecule has 0 unspecified atom stereocenters. The van der Waals surface area contributed by atoms with E-state index in [9.17, 15) is 24.9 Å². The van der Waals surface area contributed by atoms with Gasteiger partial charge < -0.3 is 30.5 Å². The van der Waals surface area contributed by atoms with Crippen LogP contribution < -0.4 is 11.4 Å². The van der Waals surface area contributed by atoms with Crippen LogP contribution in [-0.4, -0.2) is 74.4 Å². The van der Waals surface area contributed by atoms with Crippen LogP contribution in [0.15, 0.2) is 17.1 Å². The van der Waals surface area contributed by atoms with Crippen LogP contribution in [0.5, 0.6) is 0 Å². The smallest absolute Gasteiger partial charge is 0.363 e. The fourth-order valence-electron chi connectivity index (χ4n) is 2.41. The van der Waals surface area contributed by atoms with E-state index in [0.29, 0.717) is 10.3 Å². The molecule has 1 aliphatic heterocycles. The number of aliphatic hydroxyl groups is 3. The molecule has 10 nitrogen and oxygen atoms in total. The van der Waals surface area contributed by atoms with E-state index in [1.54, 1.807) is 0 Å². The van der Waals surface area contributed by atoms with Crippen LogP contribution in [-0.2, 0) is 20.0 Å². The van der Waals surface area contributed by atoms with Gasteiger partial charge in [0.15, 0.2) is 0 Å². The fourth-order valence-corrected chi connectivity index (χ4v) is 2.66. The van der Waals surface area contributed by atoms with Crippen LogP contribution in [0.1, 0.15) is 0 Å². The molecule has 1 aromatic rings. The van der Waals surface area contributed by atoms with Crippen molar-refractivity contribution in [2.24, 2.45) is 0 Å². The van der Waals surface area contributed by atoms with E-state index in [1.807, 2.05) is 6.26 Å². The number of nitrogens with zero attached hydrogens (tertiary/aromatic N) is 2. The molecule has 24 heavy (non-hydrogen) atoms. The van der Waals surface area contributed by atoms with Crippen molar-refractivity contribution in [2.45, 2.75) is 24.0 Å². The predicted octanol–water partition coefficient (Wildman–Crippen LogP) is -2.50. The lowest BCUT2D eigenvalue weighted by molar-refractivity contribution is -0.201. The third-order valence-corrected chi connectivity index (χ3v) is 4.19. The number of thioether (sulfide) groups is 1. The van der Waals surface area contributed by atoms with Gasteiger partial charge in [0, 0.05) is 11.9 Å². The maximum absolute atomic E-state index is 12.6. The molecule has 2 rings (SSSR count). The number of ether oxygens (including phenoxy) is 2. The Morgan fingerprint density at radius 1 is 1.58 bits per heavy atom. The lowest BCUT2D eigenvalue weighted by Gasteiger charge is -2.31. The summed E-state index contributed by atoms with van der Waals surface area (Å²) in [7, 11) is 0. The second-order valence-corrected chi connectivity index (χ2v) is 6.09. The van der Waals surface area contributed by atoms with E-state index in [0.717, 1.165) is 6.20 Å². The normalized spacial score (nSPS) is 29.6. The molecule has 1 saturated heterocycles. The summed E-state index contributed by atoms with van der Waals surface area (Å²) < 4.78 is 11.1. The molecule has 1 fully saturated rings. The van der Waals surface area contributed by atoms with Gasteiger partial charge in [-0.1, -0.05) is 0 Å². The van der Waals surface area contributed by atoms with Crippen molar-refractivity contribution < 1.29 is 29.6 Å². The van der Waals surface area contributed by atoms with Gasteiger partial charge >= 0.3 is 11.7 Å². The molecule has 0 radical (unpaired) electrons. The SMILES string of the molecule is CSCCOC(=O)[C@@]1(n2ccc(N)nc2=O)O[C@H](CO)[C@@H](O)[C@H]1O. The summed E-state index contributed by atoms with van der Waals surface area (Å²) in [6.45, 7) is -0.663. The van der Waals surface area contributed by atoms with E-state index in [-0.39, 0.29) is 12.4 Å². The van der Waals surface area contributed by atoms with E-state index >= 15 is 0 Å². The number of esters is 1. The Morgan fingerprint density at radius 2 is 2.29 bits per heavy atom. The molecule has 5 N–H and O–H groups in total. The summed E-state index contributed by atoms with van der Waals surface area (Å²) in [6, 6.07) is 1.23. The lowest BCUT2D eigenvalue weighted by atomic mass is 10.0. The number of nitrogen functional groups attached to an aromatic ring is 1. The molecule has 2 heterocycles. The third-order valence-electron chi connectivity index (χ3n) is 3.61. The second-order valence-electron chi connectivity index (χ2n) is 5.10. The number of nitrogens with two attached hydrogens (primary N) is 1. The zero-order valence-electron chi connectivity index (χ0n) is 12.9. The number of hydrogen-bond acceptors (Lipinski definition) is 10. The third kappa shape index (κ3) is 3.13. The first-order chi connectivity index (χ1) is 11.4. The molecule has 1 aliphatic rings. The van der Waals surface area contributed by atoms with Gasteiger partial charge in [0.25, 0.3) is 5.72 Å². The van der Waals surface area contributed by atoms with Crippen molar-refractivity contribution in [2.75, 3.05) is 31.0 Å². The van der Waals surface area contributed by atoms with Crippen LogP contribution >= 0.6 is 11.8 Å². The van der Waals surface area contributed by atoms with Crippen molar-refractivity contribution in [3.8, 4) is 0 Å². The Hall–Kier alpha value is -1.66. The zero-order valence-corrected chi connectivity index (χ0v) is 13.7. The van der Waals surface area contributed by atoms with Gasteiger partial charge in [0.05, 0.1) is 6.61 Å². The Balaban J connectivity index is 2.50. The first-order valence-electron chi connectivity index (χ1n) is 7.05. The average molecular weight is 361 g/mol. The number of anilines is 1. The Labute approximate surface area is 141 Å². The van der Waals surface area contributed by atoms with E-state index in [2.05, 4.69) is 4.98 Å². The minimum atomic E-state index is -2.36. The standard InChI is InChI=1S/C13H19N3O7S/c1-24-5-4-22-11(20)13(10(19)9(18)7(6-17)23-13)16-3-2-8(14)15-12(16)21/h2-3,7,9-10,17-19H,4-6H2,1H3,(H2,14,15,21)/t7-,9-,10-,13+/m1/s1. The molecule has 134 valence electrons. The van der Waals surface area contributed by atoms with Gasteiger partial charge in [-0.2, -0.15) is 16.7 Å². The van der Waals surface area contributed by atoms with Crippen molar-refractivity contribution in [1.82, 2.24) is 9.55 Å². The zero-order chi connectivity index (χ0) is 17.9. The van der Waals surface area contributed by atoms with Crippen LogP contribution in [0.3, 0.4) is 0 Å². The van der Waals surface area contributed by atoms with Crippen LogP contribution in [0.2, 0.25) is 0 Å². The molecule has 1 aromatic heterocycles. The maximum atomic E-state index is 12.6. The maximum Gasteiger partial charge on any atom is 0.363 e. The quantitative estimate of drug-likeness (QED) is 0.315. The van der Waals surface area contributed by atoms with Crippen LogP contribution in [0, 0.1) is 0 Å². The molecule has 11 heteroatoms. The van der Waals surface area contributed by atoms with E-state index < -0.39 is 42.3 Å². The molecule has 4 atom stereocenters. The lowest BCUT2D eigenvalue weighted by Crippen LogP contribution is -2.56. The summed E-state index contributed by atoms with van der Waals surface area (Å²) in [5, 5.41) is 29.7. The van der Waals surface area contributed by atoms with Crippen molar-refractivity contribution in [3.05, 3.63) is 22.7 Å². The first kappa shape index (κ1) is 18.7. The molecular formula is C13H19N3O7S. The highest BCUT2D eigenvalue weighted by Gasteiger charge is 2.62. The molecular weight excluding hydrogens is 342 g/mol. The Bertz CT molecular complexity index is 655. The van der Waals surface area contributed by atoms with Crippen LogP contribution in [0.4, 0.5) is 5.82 Å². The van der Waals surface area contributed by atoms with E-state index in [4.69, 9.17) is 15.2 Å². The van der Waals surface area contributed by atoms with Gasteiger partial charge in [0.1, 0.15) is 30.7 Å². The van der Waals surface area contributed by atoms with Crippen molar-refractivity contribution >= 4 is 23.5 Å². The summed E-state index contributed by atoms with van der Waals surface area (Å²) in [5.41, 5.74) is 2.09. The summed E-state index contributed by atoms with van der Waals surface area (Å²) in [5.74, 6) is -0.680. The molecule has 0 amide bonds. The highest BCUT2D eigenvalue weighted by Crippen LogP contribution is 2.36. The minimum absolute atomic E-state index is 0.00880. The Morgan fingerprint density at radius 3 is 2.83 bits per heavy atom. The molecule has 0 aliphatic carbocycles. The summed E-state index contributed by atoms with van der Waals surface area (Å²) in [6.07, 6.45) is -1.81. The summed E-state index contributed by atoms with van der Waals surface area (Å²) in [4.78, 5) is 28.2. The van der Waals surface area contributed by atoms with Gasteiger partial charge in [0.2, 0.25) is 0 Å². The van der Waals surface area contributed by atoms with Gasteiger partial charge in [-0.3, -0.25) is 4.57 Å². The average Bonchev–Trinajstić information content (AvgIpc) is 2.80. The highest BCUT2D eigenvalue weighted by atomic mass is 32.2. The largest absolute Gasteiger partial charge is 0.461 e. The van der Waals surface area contributed by atoms with E-state index in [1.165, 1.54) is 17.8 Å². The minimum Gasteiger partial charge on any atom is -0.461 e. The predicted molar refractivity (Wildman–Crippen MR) is 84.2 cm³/mol. The number of carbonyl (C=O) groups excluding carboxylic acids is 1. The topological polar surface area (TPSA) is 157 Å². The number of aliphatic hydroxyl groups excluding tert-OH is 3. The molecule has 0 aromatic carbocycles. The Kier molecular flexibility index (Phi) is 5.83. The molecule has 0 bridgehead atoms. The number of aromatic nitrogens is 2. The molecule has 0 spiro atoms. The number of hydrogen-bond donors (Lipinski definition) is 4. The first-order valence-corrected chi connectivity index (χ1v) is 8.44. The molecule has 0 saturated carbocycles. The summed E-state index contributed by atoms with van der Waals surface area (Å²) >= 11 is 1.43. The van der Waals surface area contributed by atoms with Gasteiger partial charge in [-0.25, -0.2) is 9.59 Å². The fraction of sp³-hybridized carbons (Fsp3) is 0.615.